The van der Waals surface area contributed by atoms with Crippen molar-refractivity contribution in [2.75, 3.05) is 13.2 Å². The number of aliphatic hydroxyl groups is 1. The number of hydrogen-bond acceptors (Lipinski definition) is 3. The molecule has 0 bridgehead atoms. The lowest BCUT2D eigenvalue weighted by Gasteiger charge is -2.14. The van der Waals surface area contributed by atoms with E-state index in [0.717, 1.165) is 23.4 Å². The summed E-state index contributed by atoms with van der Waals surface area (Å²) in [6.45, 7) is 5.33. The van der Waals surface area contributed by atoms with Crippen molar-refractivity contribution in [3.63, 3.8) is 0 Å². The molecule has 0 aliphatic heterocycles. The first-order valence-electron chi connectivity index (χ1n) is 7.78. The van der Waals surface area contributed by atoms with Gasteiger partial charge in [0.25, 0.3) is 0 Å². The molecule has 6 heteroatoms. The molecule has 22 heavy (non-hydrogen) atoms. The van der Waals surface area contributed by atoms with Gasteiger partial charge in [0.05, 0.1) is 23.7 Å². The minimum Gasteiger partial charge on any atom is -0.394 e. The monoisotopic (exact) mass is 304 g/mol. The number of amides is 2. The predicted octanol–water partition coefficient (Wildman–Crippen LogP) is 1.67. The molecule has 0 aliphatic carbocycles. The molecule has 2 rings (SSSR count). The summed E-state index contributed by atoms with van der Waals surface area (Å²) in [7, 11) is 0. The van der Waals surface area contributed by atoms with Crippen LogP contribution in [0.15, 0.2) is 24.3 Å². The molecule has 6 nitrogen and oxygen atoms in total. The Morgan fingerprint density at radius 3 is 2.82 bits per heavy atom. The second-order valence-electron chi connectivity index (χ2n) is 5.20. The molecule has 0 saturated carbocycles. The van der Waals surface area contributed by atoms with Crippen LogP contribution in [0.3, 0.4) is 0 Å². The molecule has 2 amide bonds. The number of aromatic nitrogens is 2. The van der Waals surface area contributed by atoms with Crippen LogP contribution >= 0.6 is 0 Å². The number of benzene rings is 1. The van der Waals surface area contributed by atoms with Gasteiger partial charge in [0, 0.05) is 19.5 Å². The molecule has 120 valence electrons. The Bertz CT molecular complexity index is 620. The van der Waals surface area contributed by atoms with Crippen LogP contribution in [0.25, 0.3) is 11.0 Å². The third kappa shape index (κ3) is 3.76. The van der Waals surface area contributed by atoms with E-state index in [1.54, 1.807) is 0 Å². The summed E-state index contributed by atoms with van der Waals surface area (Å²) in [6, 6.07) is 7.59. The van der Waals surface area contributed by atoms with Gasteiger partial charge in [0.15, 0.2) is 0 Å². The van der Waals surface area contributed by atoms with Gasteiger partial charge in [0.2, 0.25) is 0 Å². The van der Waals surface area contributed by atoms with Crippen LogP contribution in [0.4, 0.5) is 4.79 Å². The van der Waals surface area contributed by atoms with Crippen LogP contribution in [0, 0.1) is 0 Å². The van der Waals surface area contributed by atoms with Gasteiger partial charge in [-0.2, -0.15) is 0 Å². The van der Waals surface area contributed by atoms with Crippen molar-refractivity contribution in [2.24, 2.45) is 0 Å². The summed E-state index contributed by atoms with van der Waals surface area (Å²) in [5.74, 6) is 0.971. The highest BCUT2D eigenvalue weighted by Crippen LogP contribution is 2.15. The van der Waals surface area contributed by atoms with Gasteiger partial charge >= 0.3 is 6.03 Å². The van der Waals surface area contributed by atoms with E-state index < -0.39 is 0 Å². The number of imidazole rings is 1. The normalized spacial score (nSPS) is 12.3. The third-order valence-corrected chi connectivity index (χ3v) is 3.73. The molecule has 2 aromatic rings. The zero-order valence-electron chi connectivity index (χ0n) is 13.2. The van der Waals surface area contributed by atoms with E-state index in [-0.39, 0.29) is 18.7 Å². The summed E-state index contributed by atoms with van der Waals surface area (Å²) < 4.78 is 2.16. The van der Waals surface area contributed by atoms with Gasteiger partial charge in [-0.25, -0.2) is 9.78 Å². The molecule has 3 N–H and O–H groups in total. The number of fused-ring (bicyclic) bond motifs is 1. The number of carbonyl (C=O) groups is 1. The number of para-hydroxylation sites is 2. The molecular weight excluding hydrogens is 280 g/mol. The zero-order chi connectivity index (χ0) is 15.9. The smallest absolute Gasteiger partial charge is 0.315 e. The molecule has 1 atom stereocenters. The molecule has 1 heterocycles. The van der Waals surface area contributed by atoms with Crippen LogP contribution in [0.1, 0.15) is 26.1 Å². The predicted molar refractivity (Wildman–Crippen MR) is 86.8 cm³/mol. The van der Waals surface area contributed by atoms with Crippen molar-refractivity contribution in [1.82, 2.24) is 20.2 Å². The fourth-order valence-electron chi connectivity index (χ4n) is 2.47. The number of hydrogen-bond donors (Lipinski definition) is 3. The van der Waals surface area contributed by atoms with Crippen LogP contribution in [0.5, 0.6) is 0 Å². The van der Waals surface area contributed by atoms with Crippen LogP contribution in [0.2, 0.25) is 0 Å². The minimum absolute atomic E-state index is 0.0461. The number of aryl methyl sites for hydroxylation is 1. The largest absolute Gasteiger partial charge is 0.394 e. The zero-order valence-corrected chi connectivity index (χ0v) is 13.2. The second-order valence-corrected chi connectivity index (χ2v) is 5.20. The fraction of sp³-hybridized carbons (Fsp3) is 0.500. The highest BCUT2D eigenvalue weighted by atomic mass is 16.3. The van der Waals surface area contributed by atoms with Gasteiger partial charge in [-0.3, -0.25) is 0 Å². The number of rotatable bonds is 7. The first-order chi connectivity index (χ1) is 10.7. The van der Waals surface area contributed by atoms with Gasteiger partial charge < -0.3 is 20.3 Å². The summed E-state index contributed by atoms with van der Waals surface area (Å²) in [5, 5.41) is 14.6. The maximum Gasteiger partial charge on any atom is 0.315 e. The number of carbonyl (C=O) groups excluding carboxylic acids is 1. The highest BCUT2D eigenvalue weighted by Gasteiger charge is 2.11. The Kier molecular flexibility index (Phi) is 5.77. The van der Waals surface area contributed by atoms with Gasteiger partial charge in [-0.15, -0.1) is 0 Å². The van der Waals surface area contributed by atoms with Gasteiger partial charge in [0.1, 0.15) is 5.82 Å². The quantitative estimate of drug-likeness (QED) is 0.728. The van der Waals surface area contributed by atoms with E-state index in [2.05, 4.69) is 33.2 Å². The second kappa shape index (κ2) is 7.79. The summed E-state index contributed by atoms with van der Waals surface area (Å²) in [5.41, 5.74) is 2.10. The topological polar surface area (TPSA) is 79.2 Å². The molecule has 0 fully saturated rings. The first kappa shape index (κ1) is 16.3. The highest BCUT2D eigenvalue weighted by molar-refractivity contribution is 5.76. The van der Waals surface area contributed by atoms with Crippen molar-refractivity contribution in [3.8, 4) is 0 Å². The Balaban J connectivity index is 1.93. The average Bonchev–Trinajstić information content (AvgIpc) is 2.89. The van der Waals surface area contributed by atoms with E-state index >= 15 is 0 Å². The molecule has 1 aromatic carbocycles. The molecule has 1 aromatic heterocycles. The van der Waals surface area contributed by atoms with E-state index in [4.69, 9.17) is 5.11 Å². The number of urea groups is 1. The standard InChI is InChI=1S/C16H24N4O2/c1-3-12(11-21)18-16(22)17-10-9-15-19-13-7-5-6-8-14(13)20(15)4-2/h5-8,12,21H,3-4,9-11H2,1-2H3,(H2,17,18,22). The molecular formula is C16H24N4O2. The molecule has 0 saturated heterocycles. The SMILES string of the molecule is CCC(CO)NC(=O)NCCc1nc2ccccc2n1CC. The summed E-state index contributed by atoms with van der Waals surface area (Å²) in [6.07, 6.45) is 1.38. The van der Waals surface area contributed by atoms with E-state index in [1.807, 2.05) is 25.1 Å². The Morgan fingerprint density at radius 1 is 1.36 bits per heavy atom. The van der Waals surface area contributed by atoms with Crippen LogP contribution < -0.4 is 10.6 Å². The van der Waals surface area contributed by atoms with Gasteiger partial charge in [-0.05, 0) is 25.5 Å². The van der Waals surface area contributed by atoms with E-state index in [0.29, 0.717) is 19.4 Å². The third-order valence-electron chi connectivity index (χ3n) is 3.73. The van der Waals surface area contributed by atoms with E-state index in [9.17, 15) is 4.79 Å². The van der Waals surface area contributed by atoms with Crippen molar-refractivity contribution in [2.45, 2.75) is 39.3 Å². The van der Waals surface area contributed by atoms with Crippen molar-refractivity contribution in [1.29, 1.82) is 0 Å². The number of nitrogens with zero attached hydrogens (tertiary/aromatic N) is 2. The van der Waals surface area contributed by atoms with Crippen molar-refractivity contribution >= 4 is 17.1 Å². The molecule has 1 unspecified atom stereocenters. The fourth-order valence-corrected chi connectivity index (χ4v) is 2.47. The Morgan fingerprint density at radius 2 is 2.14 bits per heavy atom. The van der Waals surface area contributed by atoms with E-state index in [1.165, 1.54) is 0 Å². The average molecular weight is 304 g/mol. The van der Waals surface area contributed by atoms with Crippen LogP contribution in [-0.4, -0.2) is 39.9 Å². The number of nitrogens with one attached hydrogen (secondary N) is 2. The first-order valence-corrected chi connectivity index (χ1v) is 7.78. The maximum atomic E-state index is 11.7. The minimum atomic E-state index is -0.250. The maximum absolute atomic E-state index is 11.7. The lowest BCUT2D eigenvalue weighted by molar-refractivity contribution is 0.214. The lowest BCUT2D eigenvalue weighted by atomic mass is 10.2. The van der Waals surface area contributed by atoms with Crippen molar-refractivity contribution in [3.05, 3.63) is 30.1 Å². The lowest BCUT2D eigenvalue weighted by Crippen LogP contribution is -2.44. The Hall–Kier alpha value is -2.08. The molecule has 0 spiro atoms. The summed E-state index contributed by atoms with van der Waals surface area (Å²) >= 11 is 0. The molecule has 0 radical (unpaired) electrons. The number of aliphatic hydroxyl groups excluding tert-OH is 1. The summed E-state index contributed by atoms with van der Waals surface area (Å²) in [4.78, 5) is 16.4. The van der Waals surface area contributed by atoms with Crippen molar-refractivity contribution < 1.29 is 9.90 Å². The Labute approximate surface area is 130 Å². The molecule has 0 aliphatic rings. The van der Waals surface area contributed by atoms with Crippen LogP contribution in [-0.2, 0) is 13.0 Å². The van der Waals surface area contributed by atoms with Gasteiger partial charge in [-0.1, -0.05) is 19.1 Å².